The molecular weight excluding hydrogens is 1480 g/mol. The molecule has 0 radical (unpaired) electrons. The maximum atomic E-state index is 9.79. The number of fused-ring (bicyclic) bond motifs is 16. The van der Waals surface area contributed by atoms with Gasteiger partial charge in [0.15, 0.2) is 0 Å². The Balaban J connectivity index is 0.0000000811. The van der Waals surface area contributed by atoms with Crippen molar-refractivity contribution in [1.29, 1.82) is 21.0 Å². The van der Waals surface area contributed by atoms with Crippen LogP contribution in [0.1, 0.15) is 22.3 Å². The lowest BCUT2D eigenvalue weighted by molar-refractivity contribution is 0.463. The van der Waals surface area contributed by atoms with E-state index in [9.17, 15) is 21.0 Å². The van der Waals surface area contributed by atoms with Gasteiger partial charge in [-0.15, -0.1) is 0 Å². The summed E-state index contributed by atoms with van der Waals surface area (Å²) < 4.78 is 60.1. The Morgan fingerprint density at radius 1 is 0.200 bits per heavy atom. The lowest BCUT2D eigenvalue weighted by Crippen LogP contribution is -2.60. The maximum absolute atomic E-state index is 9.79. The first-order valence-electron chi connectivity index (χ1n) is 39.9. The molecule has 0 fully saturated rings. The predicted octanol–water partition coefficient (Wildman–Crippen LogP) is 14.8. The first-order chi connectivity index (χ1) is 59.4. The highest BCUT2D eigenvalue weighted by Gasteiger charge is 2.52. The van der Waals surface area contributed by atoms with Crippen molar-refractivity contribution in [3.63, 3.8) is 0 Å². The maximum Gasteiger partial charge on any atom is 0.266 e. The molecule has 0 unspecified atom stereocenters. The number of rotatable bonds is 0. The van der Waals surface area contributed by atoms with E-state index in [2.05, 4.69) is 206 Å². The number of hydrogen-bond acceptors (Lipinski definition) is 12. The topological polar surface area (TPSA) is 189 Å². The van der Waals surface area contributed by atoms with Gasteiger partial charge < -0.3 is 56.2 Å². The fourth-order valence-corrected chi connectivity index (χ4v) is 22.3. The summed E-state index contributed by atoms with van der Waals surface area (Å²) in [6, 6.07) is 99.5. The van der Waals surface area contributed by atoms with Crippen LogP contribution in [-0.2, 0) is 0 Å². The van der Waals surface area contributed by atoms with Crippen LogP contribution < -0.4 is 103 Å². The second-order valence-corrected chi connectivity index (χ2v) is 32.1. The number of benzene rings is 16. The van der Waals surface area contributed by atoms with Gasteiger partial charge in [-0.3, -0.25) is 0 Å². The third-order valence-electron chi connectivity index (χ3n) is 26.7. The zero-order valence-electron chi connectivity index (χ0n) is 62.6. The normalized spacial score (nSPS) is 13.8. The molecule has 20 heteroatoms. The van der Waals surface area contributed by atoms with Crippen molar-refractivity contribution in [1.82, 2.24) is 18.3 Å². The fraction of sp³-hybridized carbons (Fsp3) is 0. The summed E-state index contributed by atoms with van der Waals surface area (Å²) in [7, 11) is 0. The van der Waals surface area contributed by atoms with E-state index in [1.165, 1.54) is 87.1 Å². The minimum atomic E-state index is -0.00693. The molecule has 544 valence electrons. The van der Waals surface area contributed by atoms with Crippen molar-refractivity contribution in [2.24, 2.45) is 0 Å². The molecule has 20 aromatic rings. The van der Waals surface area contributed by atoms with Crippen molar-refractivity contribution in [3.8, 4) is 139 Å². The highest BCUT2D eigenvalue weighted by atomic mass is 16.5. The first kappa shape index (κ1) is 62.7. The van der Waals surface area contributed by atoms with Gasteiger partial charge in [-0.1, -0.05) is 97.1 Å². The SMILES string of the molecule is N#Cc1cc2c3c(c1)-n1c4ccccc4c4ccc5c(c41)B3c1c(cccc1O5)O2.N#Cc1cc2c3c(c1)Oc1ccc4c5ccccc5n5c4c1B3c1c(cccc1-5)O2.N#Cc1ccc2c3c1Oc1cccc4c1B3c1c(ccc3c5ccccc5n-2c13)O4.N#Cc1ccc2c3c1Oc1cccc4c1B3c1c(ccc3c5ccccc5n-4c13)O2. The van der Waals surface area contributed by atoms with Gasteiger partial charge in [-0.2, -0.15) is 21.0 Å². The third-order valence-corrected chi connectivity index (χ3v) is 26.7. The molecule has 0 saturated carbocycles. The molecule has 0 N–H and O–H groups in total. The van der Waals surface area contributed by atoms with Crippen molar-refractivity contribution in [2.75, 3.05) is 0 Å². The lowest BCUT2D eigenvalue weighted by Gasteiger charge is -2.37. The second kappa shape index (κ2) is 21.8. The van der Waals surface area contributed by atoms with Crippen LogP contribution in [0.25, 0.3) is 110 Å². The lowest BCUT2D eigenvalue weighted by atomic mass is 9.33. The summed E-state index contributed by atoms with van der Waals surface area (Å²) in [5.41, 5.74) is 29.3. The van der Waals surface area contributed by atoms with Crippen LogP contribution in [0.4, 0.5) is 0 Å². The standard InChI is InChI=1S/4C25H11BN2O2/c27-12-13-8-10-17-21-25(13)30-19-7-3-6-18-22(19)26(21)23-20(29-18)11-9-15-14-4-1-2-5-16(14)28(17)24(15)23;27-12-13-8-10-20-23-25(13)30-18-7-3-6-17-21(18)26(23)22-19(29-20)11-9-15-14-4-1-2-5-16(14)28(17)24(15)22;27-12-13-10-17-22-21(11-13)30-19-7-3-6-18-23(19)26(22)24-20(29-18)9-8-15-14-4-1-2-5-16(14)28(17)25(15)24;27-12-13-10-20-23-21(11-13)30-19-9-8-15-14-4-1-2-5-16(14)28-17-6-3-7-18(29-20)22(17)26(23)24(19)25(15)28/h4*1-11H. The van der Waals surface area contributed by atoms with Gasteiger partial charge in [0.1, 0.15) is 104 Å². The summed E-state index contributed by atoms with van der Waals surface area (Å²) in [6.07, 6.45) is 0. The fourth-order valence-electron chi connectivity index (χ4n) is 22.3. The number of para-hydroxylation sites is 4. The molecule has 12 aliphatic heterocycles. The Hall–Kier alpha value is -16.7. The molecule has 32 rings (SSSR count). The smallest absolute Gasteiger partial charge is 0.266 e. The summed E-state index contributed by atoms with van der Waals surface area (Å²) >= 11 is 0. The summed E-state index contributed by atoms with van der Waals surface area (Å²) in [6.45, 7) is 0.0546. The first-order valence-corrected chi connectivity index (χ1v) is 39.9. The largest absolute Gasteiger partial charge is 0.458 e. The van der Waals surface area contributed by atoms with Crippen LogP contribution in [0.15, 0.2) is 267 Å². The van der Waals surface area contributed by atoms with E-state index >= 15 is 0 Å². The van der Waals surface area contributed by atoms with Gasteiger partial charge in [0, 0.05) is 87.7 Å². The average molecular weight is 1530 g/mol. The molecule has 16 nitrogen and oxygen atoms in total. The Bertz CT molecular complexity index is 8680. The minimum Gasteiger partial charge on any atom is -0.458 e. The molecule has 120 heavy (non-hydrogen) atoms. The number of hydrogen-bond donors (Lipinski definition) is 0. The zero-order chi connectivity index (χ0) is 78.2. The van der Waals surface area contributed by atoms with E-state index in [4.69, 9.17) is 37.9 Å². The van der Waals surface area contributed by atoms with Gasteiger partial charge in [-0.25, -0.2) is 0 Å². The molecule has 0 bridgehead atoms. The number of aromatic nitrogens is 4. The molecule has 0 amide bonds. The van der Waals surface area contributed by atoms with Crippen molar-refractivity contribution < 1.29 is 37.9 Å². The van der Waals surface area contributed by atoms with Gasteiger partial charge >= 0.3 is 0 Å². The van der Waals surface area contributed by atoms with Gasteiger partial charge in [0.2, 0.25) is 0 Å². The molecule has 16 heterocycles. The Labute approximate surface area is 680 Å². The van der Waals surface area contributed by atoms with Crippen LogP contribution in [-0.4, -0.2) is 45.1 Å². The summed E-state index contributed by atoms with van der Waals surface area (Å²) in [5.74, 6) is 12.6. The van der Waals surface area contributed by atoms with Gasteiger partial charge in [0.05, 0.1) is 78.5 Å². The van der Waals surface area contributed by atoms with Gasteiger partial charge in [-0.05, 0) is 214 Å². The quantitative estimate of drug-likeness (QED) is 0.131. The van der Waals surface area contributed by atoms with Crippen molar-refractivity contribution >= 4 is 180 Å². The van der Waals surface area contributed by atoms with Crippen LogP contribution in [0.2, 0.25) is 0 Å². The summed E-state index contributed by atoms with van der Waals surface area (Å²) in [5, 5.41) is 48.5. The highest BCUT2D eigenvalue weighted by Crippen LogP contribution is 2.50. The van der Waals surface area contributed by atoms with Crippen molar-refractivity contribution in [3.05, 3.63) is 289 Å². The Morgan fingerprint density at radius 3 is 0.908 bits per heavy atom. The molecule has 0 atom stereocenters. The van der Waals surface area contributed by atoms with Crippen LogP contribution in [0.5, 0.6) is 92.0 Å². The second-order valence-electron chi connectivity index (χ2n) is 32.1. The molecule has 0 aliphatic carbocycles. The number of nitrogens with zero attached hydrogens (tertiary/aromatic N) is 8. The summed E-state index contributed by atoms with van der Waals surface area (Å²) in [4.78, 5) is 0. The monoisotopic (exact) mass is 1530 g/mol. The molecule has 0 saturated heterocycles. The number of ether oxygens (including phenoxy) is 8. The molecule has 0 spiro atoms. The molecular formula is C100H44B4N8O8. The average Bonchev–Trinajstić information content (AvgIpc) is 1.46. The van der Waals surface area contributed by atoms with E-state index in [0.717, 1.165) is 157 Å². The van der Waals surface area contributed by atoms with Gasteiger partial charge in [0.25, 0.3) is 26.9 Å². The molecule has 4 aromatic heterocycles. The van der Waals surface area contributed by atoms with Crippen LogP contribution in [0.3, 0.4) is 0 Å². The Morgan fingerprint density at radius 2 is 0.483 bits per heavy atom. The zero-order valence-corrected chi connectivity index (χ0v) is 62.6. The minimum absolute atomic E-state index is 0.00693. The highest BCUT2D eigenvalue weighted by molar-refractivity contribution is 7.03. The van der Waals surface area contributed by atoms with E-state index in [-0.39, 0.29) is 26.9 Å². The number of nitriles is 4. The van der Waals surface area contributed by atoms with E-state index in [1.54, 1.807) is 6.07 Å². The van der Waals surface area contributed by atoms with Crippen molar-refractivity contribution in [2.45, 2.75) is 0 Å². The van der Waals surface area contributed by atoms with Crippen LogP contribution >= 0.6 is 0 Å². The van der Waals surface area contributed by atoms with E-state index in [0.29, 0.717) is 45.3 Å². The van der Waals surface area contributed by atoms with E-state index in [1.807, 2.05) is 97.1 Å². The third kappa shape index (κ3) is 7.48. The molecule has 12 aliphatic rings. The van der Waals surface area contributed by atoms with Crippen LogP contribution in [0, 0.1) is 45.3 Å². The van der Waals surface area contributed by atoms with E-state index < -0.39 is 0 Å². The molecule has 16 aromatic carbocycles. The Kier molecular flexibility index (Phi) is 11.4. The predicted molar refractivity (Wildman–Crippen MR) is 467 cm³/mol.